The molecule has 0 heterocycles. The lowest BCUT2D eigenvalue weighted by Gasteiger charge is -2.10. The van der Waals surface area contributed by atoms with Crippen LogP contribution in [0.15, 0.2) is 0 Å². The van der Waals surface area contributed by atoms with Crippen LogP contribution in [0.25, 0.3) is 0 Å². The number of aliphatic hydroxyl groups excluding tert-OH is 1. The quantitative estimate of drug-likeness (QED) is 0.221. The second-order valence-corrected chi connectivity index (χ2v) is 7.89. The molecule has 0 aliphatic heterocycles. The van der Waals surface area contributed by atoms with Crippen molar-refractivity contribution in [3.63, 3.8) is 0 Å². The summed E-state index contributed by atoms with van der Waals surface area (Å²) in [6, 6.07) is 0. The fourth-order valence-corrected chi connectivity index (χ4v) is 3.53. The van der Waals surface area contributed by atoms with Gasteiger partial charge in [-0.2, -0.15) is 0 Å². The van der Waals surface area contributed by atoms with Crippen molar-refractivity contribution in [2.75, 3.05) is 0 Å². The Morgan fingerprint density at radius 2 is 0.667 bits per heavy atom. The first-order valence-corrected chi connectivity index (χ1v) is 11.5. The van der Waals surface area contributed by atoms with Crippen molar-refractivity contribution in [2.24, 2.45) is 0 Å². The third-order valence-corrected chi connectivity index (χ3v) is 5.28. The molecule has 146 valence electrons. The SMILES string of the molecule is CCCCCCCCCCCCC(O)CCCCCCCCCC. The second-order valence-electron chi connectivity index (χ2n) is 7.89. The molecular formula is C23H48O. The average molecular weight is 341 g/mol. The van der Waals surface area contributed by atoms with Gasteiger partial charge in [-0.3, -0.25) is 0 Å². The van der Waals surface area contributed by atoms with Crippen LogP contribution in [0.2, 0.25) is 0 Å². The van der Waals surface area contributed by atoms with Gasteiger partial charge in [0.2, 0.25) is 0 Å². The number of rotatable bonds is 20. The van der Waals surface area contributed by atoms with E-state index in [1.807, 2.05) is 0 Å². The third-order valence-electron chi connectivity index (χ3n) is 5.28. The maximum absolute atomic E-state index is 10.0. The summed E-state index contributed by atoms with van der Waals surface area (Å²) in [7, 11) is 0. The van der Waals surface area contributed by atoms with Crippen LogP contribution in [0.1, 0.15) is 142 Å². The Bertz CT molecular complexity index is 214. The van der Waals surface area contributed by atoms with Crippen LogP contribution in [-0.2, 0) is 0 Å². The van der Waals surface area contributed by atoms with E-state index in [2.05, 4.69) is 13.8 Å². The molecule has 1 atom stereocenters. The Balaban J connectivity index is 3.11. The highest BCUT2D eigenvalue weighted by atomic mass is 16.3. The molecule has 0 aliphatic carbocycles. The highest BCUT2D eigenvalue weighted by Crippen LogP contribution is 2.15. The number of unbranched alkanes of at least 4 members (excludes halogenated alkanes) is 16. The zero-order chi connectivity index (χ0) is 17.7. The first-order valence-electron chi connectivity index (χ1n) is 11.5. The molecule has 0 aromatic heterocycles. The molecule has 0 saturated heterocycles. The molecule has 0 aromatic rings. The minimum Gasteiger partial charge on any atom is -0.393 e. The normalized spacial score (nSPS) is 12.6. The summed E-state index contributed by atoms with van der Waals surface area (Å²) in [5, 5.41) is 10.0. The molecular weight excluding hydrogens is 292 g/mol. The van der Waals surface area contributed by atoms with E-state index < -0.39 is 0 Å². The van der Waals surface area contributed by atoms with Gasteiger partial charge in [-0.25, -0.2) is 0 Å². The number of aliphatic hydroxyl groups is 1. The smallest absolute Gasteiger partial charge is 0.0540 e. The predicted molar refractivity (Wildman–Crippen MR) is 110 cm³/mol. The molecule has 0 amide bonds. The molecule has 0 rings (SSSR count). The van der Waals surface area contributed by atoms with E-state index in [4.69, 9.17) is 0 Å². The van der Waals surface area contributed by atoms with E-state index in [1.54, 1.807) is 0 Å². The summed E-state index contributed by atoms with van der Waals surface area (Å²) in [4.78, 5) is 0. The molecule has 0 radical (unpaired) electrons. The monoisotopic (exact) mass is 340 g/mol. The van der Waals surface area contributed by atoms with E-state index in [1.165, 1.54) is 116 Å². The van der Waals surface area contributed by atoms with Crippen LogP contribution < -0.4 is 0 Å². The molecule has 0 fully saturated rings. The van der Waals surface area contributed by atoms with Gasteiger partial charge in [0.15, 0.2) is 0 Å². The van der Waals surface area contributed by atoms with Gasteiger partial charge in [0.1, 0.15) is 0 Å². The van der Waals surface area contributed by atoms with Crippen LogP contribution in [0.5, 0.6) is 0 Å². The Hall–Kier alpha value is -0.0400. The van der Waals surface area contributed by atoms with E-state index in [0.717, 1.165) is 12.8 Å². The Kier molecular flexibility index (Phi) is 21.0. The molecule has 0 aliphatic rings. The topological polar surface area (TPSA) is 20.2 Å². The molecule has 1 nitrogen and oxygen atoms in total. The molecule has 0 aromatic carbocycles. The molecule has 24 heavy (non-hydrogen) atoms. The molecule has 0 bridgehead atoms. The lowest BCUT2D eigenvalue weighted by Crippen LogP contribution is -2.05. The van der Waals surface area contributed by atoms with Gasteiger partial charge in [-0.1, -0.05) is 129 Å². The van der Waals surface area contributed by atoms with Gasteiger partial charge in [0.25, 0.3) is 0 Å². The van der Waals surface area contributed by atoms with Crippen molar-refractivity contribution in [1.82, 2.24) is 0 Å². The molecule has 0 saturated carbocycles. The lowest BCUT2D eigenvalue weighted by molar-refractivity contribution is 0.147. The van der Waals surface area contributed by atoms with Crippen LogP contribution in [0.4, 0.5) is 0 Å². The van der Waals surface area contributed by atoms with E-state index in [-0.39, 0.29) is 6.10 Å². The summed E-state index contributed by atoms with van der Waals surface area (Å²) in [6.07, 6.45) is 26.7. The highest BCUT2D eigenvalue weighted by Gasteiger charge is 2.03. The van der Waals surface area contributed by atoms with Crippen LogP contribution >= 0.6 is 0 Å². The maximum Gasteiger partial charge on any atom is 0.0540 e. The zero-order valence-electron chi connectivity index (χ0n) is 17.2. The molecule has 1 N–H and O–H groups in total. The first-order chi connectivity index (χ1) is 11.8. The minimum absolute atomic E-state index is 0.0286. The minimum atomic E-state index is -0.0286. The summed E-state index contributed by atoms with van der Waals surface area (Å²) in [5.74, 6) is 0. The Morgan fingerprint density at radius 1 is 0.417 bits per heavy atom. The van der Waals surface area contributed by atoms with Gasteiger partial charge in [0, 0.05) is 0 Å². The third kappa shape index (κ3) is 20.0. The van der Waals surface area contributed by atoms with Crippen LogP contribution in [0, 0.1) is 0 Å². The molecule has 1 heteroatoms. The fraction of sp³-hybridized carbons (Fsp3) is 1.00. The number of hydrogen-bond acceptors (Lipinski definition) is 1. The summed E-state index contributed by atoms with van der Waals surface area (Å²) >= 11 is 0. The highest BCUT2D eigenvalue weighted by molar-refractivity contribution is 4.57. The van der Waals surface area contributed by atoms with Crippen LogP contribution in [-0.4, -0.2) is 11.2 Å². The van der Waals surface area contributed by atoms with Crippen molar-refractivity contribution in [2.45, 2.75) is 148 Å². The largest absolute Gasteiger partial charge is 0.393 e. The predicted octanol–water partition coefficient (Wildman–Crippen LogP) is 8.19. The van der Waals surface area contributed by atoms with Crippen LogP contribution in [0.3, 0.4) is 0 Å². The molecule has 1 unspecified atom stereocenters. The van der Waals surface area contributed by atoms with Gasteiger partial charge < -0.3 is 5.11 Å². The number of hydrogen-bond donors (Lipinski definition) is 1. The molecule has 0 spiro atoms. The van der Waals surface area contributed by atoms with Crippen molar-refractivity contribution in [3.8, 4) is 0 Å². The summed E-state index contributed by atoms with van der Waals surface area (Å²) in [5.41, 5.74) is 0. The van der Waals surface area contributed by atoms with E-state index in [9.17, 15) is 5.11 Å². The van der Waals surface area contributed by atoms with Gasteiger partial charge in [-0.05, 0) is 12.8 Å². The first kappa shape index (κ1) is 24.0. The van der Waals surface area contributed by atoms with Crippen molar-refractivity contribution in [3.05, 3.63) is 0 Å². The zero-order valence-corrected chi connectivity index (χ0v) is 17.2. The van der Waals surface area contributed by atoms with Gasteiger partial charge >= 0.3 is 0 Å². The lowest BCUT2D eigenvalue weighted by atomic mass is 10.0. The maximum atomic E-state index is 10.0. The van der Waals surface area contributed by atoms with Crippen molar-refractivity contribution >= 4 is 0 Å². The Morgan fingerprint density at radius 3 is 0.958 bits per heavy atom. The van der Waals surface area contributed by atoms with E-state index in [0.29, 0.717) is 0 Å². The summed E-state index contributed by atoms with van der Waals surface area (Å²) in [6.45, 7) is 4.55. The fourth-order valence-electron chi connectivity index (χ4n) is 3.53. The van der Waals surface area contributed by atoms with Crippen molar-refractivity contribution < 1.29 is 5.11 Å². The van der Waals surface area contributed by atoms with Gasteiger partial charge in [0.05, 0.1) is 6.10 Å². The van der Waals surface area contributed by atoms with Crippen molar-refractivity contribution in [1.29, 1.82) is 0 Å². The van der Waals surface area contributed by atoms with Gasteiger partial charge in [-0.15, -0.1) is 0 Å². The standard InChI is InChI=1S/C23H48O/c1-3-5-7-9-11-13-14-16-18-20-22-23(24)21-19-17-15-12-10-8-6-4-2/h23-24H,3-22H2,1-2H3. The second kappa shape index (κ2) is 21.0. The Labute approximate surface area is 154 Å². The van der Waals surface area contributed by atoms with E-state index >= 15 is 0 Å². The average Bonchev–Trinajstić information content (AvgIpc) is 2.59. The summed E-state index contributed by atoms with van der Waals surface area (Å²) < 4.78 is 0.